The lowest BCUT2D eigenvalue weighted by Crippen LogP contribution is -2.44. The number of halogens is 4. The van der Waals surface area contributed by atoms with Crippen LogP contribution < -0.4 is 5.32 Å². The molecule has 0 bridgehead atoms. The van der Waals surface area contributed by atoms with E-state index in [0.29, 0.717) is 5.02 Å². The molecule has 19 heavy (non-hydrogen) atoms. The van der Waals surface area contributed by atoms with Crippen molar-refractivity contribution in [1.29, 1.82) is 0 Å². The van der Waals surface area contributed by atoms with E-state index in [0.717, 1.165) is 31.7 Å². The minimum Gasteiger partial charge on any atom is -0.314 e. The molecule has 1 fully saturated rings. The second-order valence-electron chi connectivity index (χ2n) is 4.13. The molecule has 1 aromatic rings. The fourth-order valence-corrected chi connectivity index (χ4v) is 2.45. The number of benzene rings is 1. The molecule has 6 heteroatoms. The van der Waals surface area contributed by atoms with Crippen LogP contribution in [0, 0.1) is 5.82 Å². The van der Waals surface area contributed by atoms with Gasteiger partial charge in [-0.2, -0.15) is 0 Å². The molecular weight excluding hydrogens is 310 g/mol. The summed E-state index contributed by atoms with van der Waals surface area (Å²) in [6.07, 6.45) is 1.87. The van der Waals surface area contributed by atoms with Crippen molar-refractivity contribution in [3.8, 4) is 0 Å². The van der Waals surface area contributed by atoms with Crippen LogP contribution in [0.2, 0.25) is 5.02 Å². The van der Waals surface area contributed by atoms with Gasteiger partial charge in [0.25, 0.3) is 0 Å². The maximum atomic E-state index is 13.0. The maximum absolute atomic E-state index is 13.0. The van der Waals surface area contributed by atoms with Gasteiger partial charge in [0.15, 0.2) is 0 Å². The summed E-state index contributed by atoms with van der Waals surface area (Å²) in [7, 11) is 0. The molecule has 1 heterocycles. The fraction of sp³-hybridized carbons (Fsp3) is 0.385. The van der Waals surface area contributed by atoms with Gasteiger partial charge in [0.2, 0.25) is 0 Å². The van der Waals surface area contributed by atoms with Crippen LogP contribution in [0.5, 0.6) is 0 Å². The highest BCUT2D eigenvalue weighted by atomic mass is 35.5. The number of piperazine rings is 1. The molecule has 108 valence electrons. The summed E-state index contributed by atoms with van der Waals surface area (Å²) in [4.78, 5) is 2.29. The molecule has 0 saturated carbocycles. The standard InChI is InChI=1S/C13H16ClFN2.2ClH/c1-2-13(17-7-5-16-6-8-17)11-4-3-10(15)9-12(11)14;;/h2-4,9,13,16H,1,5-8H2;2*1H/t13-;;/m1../s1. The Labute approximate surface area is 130 Å². The van der Waals surface area contributed by atoms with Crippen LogP contribution in [0.3, 0.4) is 0 Å². The number of hydrogen-bond acceptors (Lipinski definition) is 2. The van der Waals surface area contributed by atoms with Crippen LogP contribution in [-0.2, 0) is 0 Å². The molecule has 0 aliphatic carbocycles. The Morgan fingerprint density at radius 3 is 2.47 bits per heavy atom. The summed E-state index contributed by atoms with van der Waals surface area (Å²) in [6, 6.07) is 4.60. The first-order valence-corrected chi connectivity index (χ1v) is 6.12. The van der Waals surface area contributed by atoms with Gasteiger partial charge >= 0.3 is 0 Å². The Hall–Kier alpha value is -0.320. The molecule has 1 aliphatic heterocycles. The van der Waals surface area contributed by atoms with Crippen LogP contribution in [0.25, 0.3) is 0 Å². The monoisotopic (exact) mass is 326 g/mol. The van der Waals surface area contributed by atoms with E-state index in [1.807, 2.05) is 6.08 Å². The molecular formula is C13H18Cl3FN2. The Morgan fingerprint density at radius 1 is 1.32 bits per heavy atom. The van der Waals surface area contributed by atoms with E-state index in [9.17, 15) is 4.39 Å². The molecule has 0 spiro atoms. The third kappa shape index (κ3) is 4.62. The SMILES string of the molecule is C=C[C@H](c1ccc(F)cc1Cl)N1CCNCC1.Cl.Cl. The lowest BCUT2D eigenvalue weighted by atomic mass is 10.0. The molecule has 2 nitrogen and oxygen atoms in total. The van der Waals surface area contributed by atoms with Crippen molar-refractivity contribution in [2.24, 2.45) is 0 Å². The second-order valence-corrected chi connectivity index (χ2v) is 4.54. The molecule has 1 atom stereocenters. The van der Waals surface area contributed by atoms with Crippen molar-refractivity contribution in [3.05, 3.63) is 47.3 Å². The molecule has 1 aromatic carbocycles. The summed E-state index contributed by atoms with van der Waals surface area (Å²) in [5.74, 6) is -0.304. The van der Waals surface area contributed by atoms with E-state index >= 15 is 0 Å². The number of hydrogen-bond donors (Lipinski definition) is 1. The maximum Gasteiger partial charge on any atom is 0.124 e. The van der Waals surface area contributed by atoms with Gasteiger partial charge in [0.05, 0.1) is 6.04 Å². The van der Waals surface area contributed by atoms with E-state index in [2.05, 4.69) is 16.8 Å². The third-order valence-electron chi connectivity index (χ3n) is 3.05. The predicted octanol–water partition coefficient (Wildman–Crippen LogP) is 3.46. The fourth-order valence-electron chi connectivity index (χ4n) is 2.17. The van der Waals surface area contributed by atoms with Gasteiger partial charge in [0.1, 0.15) is 5.82 Å². The zero-order chi connectivity index (χ0) is 12.3. The smallest absolute Gasteiger partial charge is 0.124 e. The minimum absolute atomic E-state index is 0. The summed E-state index contributed by atoms with van der Waals surface area (Å²) in [5.41, 5.74) is 0.921. The van der Waals surface area contributed by atoms with Crippen LogP contribution in [0.15, 0.2) is 30.9 Å². The largest absolute Gasteiger partial charge is 0.314 e. The van der Waals surface area contributed by atoms with Crippen LogP contribution in [-0.4, -0.2) is 31.1 Å². The van der Waals surface area contributed by atoms with Crippen LogP contribution in [0.1, 0.15) is 11.6 Å². The highest BCUT2D eigenvalue weighted by Gasteiger charge is 2.21. The van der Waals surface area contributed by atoms with Crippen molar-refractivity contribution in [2.45, 2.75) is 6.04 Å². The van der Waals surface area contributed by atoms with E-state index in [1.54, 1.807) is 6.07 Å². The first-order chi connectivity index (χ1) is 8.22. The topological polar surface area (TPSA) is 15.3 Å². The summed E-state index contributed by atoms with van der Waals surface area (Å²) in [6.45, 7) is 7.68. The zero-order valence-electron chi connectivity index (χ0n) is 10.4. The quantitative estimate of drug-likeness (QED) is 0.855. The Morgan fingerprint density at radius 2 is 1.95 bits per heavy atom. The van der Waals surface area contributed by atoms with Crippen LogP contribution in [0.4, 0.5) is 4.39 Å². The molecule has 1 N–H and O–H groups in total. The average molecular weight is 328 g/mol. The van der Waals surface area contributed by atoms with Crippen molar-refractivity contribution in [3.63, 3.8) is 0 Å². The highest BCUT2D eigenvalue weighted by molar-refractivity contribution is 6.31. The van der Waals surface area contributed by atoms with Crippen molar-refractivity contribution in [1.82, 2.24) is 10.2 Å². The summed E-state index contributed by atoms with van der Waals surface area (Å²) in [5, 5.41) is 3.77. The molecule has 0 radical (unpaired) electrons. The van der Waals surface area contributed by atoms with Crippen molar-refractivity contribution >= 4 is 36.4 Å². The molecule has 1 saturated heterocycles. The summed E-state index contributed by atoms with van der Waals surface area (Å²) >= 11 is 6.09. The number of nitrogens with one attached hydrogen (secondary N) is 1. The van der Waals surface area contributed by atoms with Gasteiger partial charge in [-0.3, -0.25) is 4.90 Å². The van der Waals surface area contributed by atoms with E-state index < -0.39 is 0 Å². The Bertz CT molecular complexity index is 409. The molecule has 0 unspecified atom stereocenters. The highest BCUT2D eigenvalue weighted by Crippen LogP contribution is 2.29. The van der Waals surface area contributed by atoms with Crippen LogP contribution >= 0.6 is 36.4 Å². The Balaban J connectivity index is 0.00000162. The third-order valence-corrected chi connectivity index (χ3v) is 3.38. The zero-order valence-corrected chi connectivity index (χ0v) is 12.8. The van der Waals surface area contributed by atoms with E-state index in [-0.39, 0.29) is 36.7 Å². The predicted molar refractivity (Wildman–Crippen MR) is 83.3 cm³/mol. The van der Waals surface area contributed by atoms with Crippen molar-refractivity contribution < 1.29 is 4.39 Å². The first-order valence-electron chi connectivity index (χ1n) is 5.74. The van der Waals surface area contributed by atoms with E-state index in [4.69, 9.17) is 11.6 Å². The first kappa shape index (κ1) is 18.7. The van der Waals surface area contributed by atoms with Gasteiger partial charge in [-0.15, -0.1) is 31.4 Å². The van der Waals surface area contributed by atoms with Gasteiger partial charge in [-0.1, -0.05) is 23.7 Å². The van der Waals surface area contributed by atoms with Crippen molar-refractivity contribution in [2.75, 3.05) is 26.2 Å². The van der Waals surface area contributed by atoms with E-state index in [1.165, 1.54) is 12.1 Å². The van der Waals surface area contributed by atoms with Gasteiger partial charge in [-0.05, 0) is 17.7 Å². The molecule has 0 aromatic heterocycles. The van der Waals surface area contributed by atoms with Gasteiger partial charge in [-0.25, -0.2) is 4.39 Å². The number of rotatable bonds is 3. The van der Waals surface area contributed by atoms with Gasteiger partial charge in [0, 0.05) is 31.2 Å². The molecule has 0 amide bonds. The molecule has 1 aliphatic rings. The lowest BCUT2D eigenvalue weighted by molar-refractivity contribution is 0.203. The number of nitrogens with zero attached hydrogens (tertiary/aromatic N) is 1. The average Bonchev–Trinajstić information content (AvgIpc) is 2.34. The normalized spacial score (nSPS) is 16.9. The molecule has 2 rings (SSSR count). The second kappa shape index (κ2) is 8.77. The Kier molecular flexibility index (Phi) is 8.62. The lowest BCUT2D eigenvalue weighted by Gasteiger charge is -2.33. The summed E-state index contributed by atoms with van der Waals surface area (Å²) < 4.78 is 13.0. The van der Waals surface area contributed by atoms with Gasteiger partial charge < -0.3 is 5.32 Å². The minimum atomic E-state index is -0.304.